The first-order valence-electron chi connectivity index (χ1n) is 4.80. The van der Waals surface area contributed by atoms with Gasteiger partial charge in [-0.05, 0) is 12.8 Å². The third kappa shape index (κ3) is 2.61. The molecule has 0 radical (unpaired) electrons. The first-order chi connectivity index (χ1) is 6.58. The molecule has 0 atom stereocenters. The highest BCUT2D eigenvalue weighted by molar-refractivity contribution is 5.76. The Labute approximate surface area is 82.9 Å². The van der Waals surface area contributed by atoms with Crippen LogP contribution in [0.5, 0.6) is 0 Å². The molecular formula is C9H16N2O3. The topological polar surface area (TPSA) is 78.4 Å². The number of carbonyl (C=O) groups excluding carboxylic acids is 1. The molecule has 3 N–H and O–H groups in total. The molecule has 0 unspecified atom stereocenters. The van der Waals surface area contributed by atoms with Gasteiger partial charge in [-0.3, -0.25) is 4.79 Å². The van der Waals surface area contributed by atoms with E-state index in [1.54, 1.807) is 0 Å². The summed E-state index contributed by atoms with van der Waals surface area (Å²) in [6.07, 6.45) is 3.49. The third-order valence-corrected chi connectivity index (χ3v) is 2.66. The predicted molar refractivity (Wildman–Crippen MR) is 51.0 cm³/mol. The van der Waals surface area contributed by atoms with Crippen molar-refractivity contribution in [2.24, 2.45) is 0 Å². The number of amides is 2. The quantitative estimate of drug-likeness (QED) is 0.627. The maximum Gasteiger partial charge on any atom is 0.314 e. The fourth-order valence-electron chi connectivity index (χ4n) is 1.99. The Morgan fingerprint density at radius 3 is 2.36 bits per heavy atom. The highest BCUT2D eigenvalue weighted by Gasteiger charge is 2.37. The molecule has 5 heteroatoms. The summed E-state index contributed by atoms with van der Waals surface area (Å²) in [5.41, 5.74) is -0.522. The lowest BCUT2D eigenvalue weighted by molar-refractivity contribution is -0.138. The molecule has 1 fully saturated rings. The van der Waals surface area contributed by atoms with Crippen LogP contribution in [-0.2, 0) is 4.79 Å². The summed E-state index contributed by atoms with van der Waals surface area (Å²) in [6, 6.07) is -0.298. The van der Waals surface area contributed by atoms with Crippen LogP contribution in [0.25, 0.3) is 0 Å². The lowest BCUT2D eigenvalue weighted by atomic mass is 9.93. The highest BCUT2D eigenvalue weighted by atomic mass is 16.4. The minimum atomic E-state index is -0.858. The van der Waals surface area contributed by atoms with Crippen molar-refractivity contribution in [3.8, 4) is 0 Å². The molecular weight excluding hydrogens is 184 g/mol. The third-order valence-electron chi connectivity index (χ3n) is 2.66. The first kappa shape index (κ1) is 10.8. The van der Waals surface area contributed by atoms with E-state index in [4.69, 9.17) is 5.11 Å². The fraction of sp³-hybridized carbons (Fsp3) is 0.778. The maximum absolute atomic E-state index is 11.1. The van der Waals surface area contributed by atoms with Crippen molar-refractivity contribution in [2.45, 2.75) is 37.6 Å². The molecule has 0 spiro atoms. The van der Waals surface area contributed by atoms with Gasteiger partial charge in [0.2, 0.25) is 0 Å². The second-order valence-electron chi connectivity index (χ2n) is 3.76. The molecule has 0 aromatic rings. The number of hydrogen-bond acceptors (Lipinski definition) is 2. The lowest BCUT2D eigenvalue weighted by Crippen LogP contribution is -2.50. The Bertz CT molecular complexity index is 234. The van der Waals surface area contributed by atoms with Crippen molar-refractivity contribution in [1.82, 2.24) is 10.6 Å². The lowest BCUT2D eigenvalue weighted by Gasteiger charge is -2.28. The molecule has 2 amide bonds. The van der Waals surface area contributed by atoms with Gasteiger partial charge in [-0.25, -0.2) is 4.79 Å². The number of hydrogen-bond donors (Lipinski definition) is 3. The molecule has 1 saturated carbocycles. The maximum atomic E-state index is 11.1. The fourth-order valence-corrected chi connectivity index (χ4v) is 1.99. The summed E-state index contributed by atoms with van der Waals surface area (Å²) in [7, 11) is 1.53. The first-order valence-corrected chi connectivity index (χ1v) is 4.80. The summed E-state index contributed by atoms with van der Waals surface area (Å²) >= 11 is 0. The van der Waals surface area contributed by atoms with Crippen molar-refractivity contribution in [3.63, 3.8) is 0 Å². The number of aliphatic carboxylic acids is 1. The molecule has 0 aliphatic heterocycles. The largest absolute Gasteiger partial charge is 0.481 e. The summed E-state index contributed by atoms with van der Waals surface area (Å²) in [5, 5.41) is 13.9. The van der Waals surface area contributed by atoms with E-state index in [0.717, 1.165) is 25.7 Å². The van der Waals surface area contributed by atoms with Crippen molar-refractivity contribution in [2.75, 3.05) is 7.05 Å². The van der Waals surface area contributed by atoms with Crippen LogP contribution in [0.3, 0.4) is 0 Å². The van der Waals surface area contributed by atoms with Crippen LogP contribution in [-0.4, -0.2) is 29.7 Å². The van der Waals surface area contributed by atoms with Crippen LogP contribution in [0.1, 0.15) is 32.1 Å². The van der Waals surface area contributed by atoms with Crippen molar-refractivity contribution in [1.29, 1.82) is 0 Å². The van der Waals surface area contributed by atoms with Crippen LogP contribution in [0, 0.1) is 0 Å². The zero-order chi connectivity index (χ0) is 10.6. The van der Waals surface area contributed by atoms with Gasteiger partial charge in [-0.1, -0.05) is 12.8 Å². The van der Waals surface area contributed by atoms with Gasteiger partial charge in [0.1, 0.15) is 0 Å². The van der Waals surface area contributed by atoms with Gasteiger partial charge in [0.15, 0.2) is 0 Å². The zero-order valence-corrected chi connectivity index (χ0v) is 8.30. The Morgan fingerprint density at radius 2 is 1.93 bits per heavy atom. The standard InChI is InChI=1S/C9H16N2O3/c1-10-8(14)11-9(6-7(12)13)4-2-3-5-9/h2-6H2,1H3,(H,12,13)(H2,10,11,14). The average molecular weight is 200 g/mol. The van der Waals surface area contributed by atoms with Gasteiger partial charge in [0.05, 0.1) is 12.0 Å². The minimum Gasteiger partial charge on any atom is -0.481 e. The van der Waals surface area contributed by atoms with Crippen molar-refractivity contribution < 1.29 is 14.7 Å². The highest BCUT2D eigenvalue weighted by Crippen LogP contribution is 2.32. The Kier molecular flexibility index (Phi) is 3.33. The number of nitrogens with one attached hydrogen (secondary N) is 2. The summed E-state index contributed by atoms with van der Waals surface area (Å²) < 4.78 is 0. The Morgan fingerprint density at radius 1 is 1.36 bits per heavy atom. The molecule has 0 aromatic heterocycles. The van der Waals surface area contributed by atoms with Crippen LogP contribution in [0.2, 0.25) is 0 Å². The van der Waals surface area contributed by atoms with Gasteiger partial charge in [-0.2, -0.15) is 0 Å². The van der Waals surface area contributed by atoms with Gasteiger partial charge < -0.3 is 15.7 Å². The SMILES string of the molecule is CNC(=O)NC1(CC(=O)O)CCCC1. The van der Waals surface area contributed by atoms with Crippen LogP contribution in [0.15, 0.2) is 0 Å². The van der Waals surface area contributed by atoms with Crippen molar-refractivity contribution in [3.05, 3.63) is 0 Å². The average Bonchev–Trinajstić information content (AvgIpc) is 2.51. The molecule has 5 nitrogen and oxygen atoms in total. The van der Waals surface area contributed by atoms with E-state index in [1.165, 1.54) is 7.05 Å². The van der Waals surface area contributed by atoms with Gasteiger partial charge in [0, 0.05) is 7.05 Å². The predicted octanol–water partition coefficient (Wildman–Crippen LogP) is 0.703. The smallest absolute Gasteiger partial charge is 0.314 e. The van der Waals surface area contributed by atoms with E-state index in [2.05, 4.69) is 10.6 Å². The molecule has 1 aliphatic rings. The summed E-state index contributed by atoms with van der Waals surface area (Å²) in [5.74, 6) is -0.858. The monoisotopic (exact) mass is 200 g/mol. The van der Waals surface area contributed by atoms with Gasteiger partial charge in [0.25, 0.3) is 0 Å². The summed E-state index contributed by atoms with van der Waals surface area (Å²) in [6.45, 7) is 0. The van der Waals surface area contributed by atoms with E-state index in [1.807, 2.05) is 0 Å². The van der Waals surface area contributed by atoms with Gasteiger partial charge >= 0.3 is 12.0 Å². The molecule has 0 heterocycles. The van der Waals surface area contributed by atoms with E-state index in [-0.39, 0.29) is 12.5 Å². The molecule has 1 aliphatic carbocycles. The van der Waals surface area contributed by atoms with Crippen molar-refractivity contribution >= 4 is 12.0 Å². The molecule has 1 rings (SSSR count). The van der Waals surface area contributed by atoms with E-state index in [9.17, 15) is 9.59 Å². The molecule has 0 saturated heterocycles. The Balaban J connectivity index is 2.61. The number of rotatable bonds is 3. The van der Waals surface area contributed by atoms with E-state index < -0.39 is 11.5 Å². The van der Waals surface area contributed by atoms with Crippen LogP contribution >= 0.6 is 0 Å². The summed E-state index contributed by atoms with van der Waals surface area (Å²) in [4.78, 5) is 21.8. The number of carboxylic acid groups (broad SMARTS) is 1. The minimum absolute atomic E-state index is 0.0143. The number of urea groups is 1. The number of carbonyl (C=O) groups is 2. The van der Waals surface area contributed by atoms with E-state index in [0.29, 0.717) is 0 Å². The second-order valence-corrected chi connectivity index (χ2v) is 3.76. The molecule has 14 heavy (non-hydrogen) atoms. The second kappa shape index (κ2) is 4.30. The number of carboxylic acids is 1. The van der Waals surface area contributed by atoms with E-state index >= 15 is 0 Å². The molecule has 0 aromatic carbocycles. The van der Waals surface area contributed by atoms with Gasteiger partial charge in [-0.15, -0.1) is 0 Å². The molecule has 80 valence electrons. The zero-order valence-electron chi connectivity index (χ0n) is 8.30. The van der Waals surface area contributed by atoms with Crippen LogP contribution < -0.4 is 10.6 Å². The normalized spacial score (nSPS) is 18.9. The van der Waals surface area contributed by atoms with Crippen LogP contribution in [0.4, 0.5) is 4.79 Å². The Hall–Kier alpha value is -1.26. The molecule has 0 bridgehead atoms.